The summed E-state index contributed by atoms with van der Waals surface area (Å²) in [6, 6.07) is 9.76. The van der Waals surface area contributed by atoms with E-state index in [4.69, 9.17) is 9.84 Å². The third-order valence-electron chi connectivity index (χ3n) is 2.69. The molecule has 0 aliphatic carbocycles. The van der Waals surface area contributed by atoms with E-state index in [2.05, 4.69) is 4.98 Å². The van der Waals surface area contributed by atoms with Gasteiger partial charge < -0.3 is 14.8 Å². The number of hydrogen-bond donors (Lipinski definition) is 2. The number of H-pyrrole nitrogens is 1. The normalized spacial score (nSPS) is 10.4. The Labute approximate surface area is 94.7 Å². The minimum absolute atomic E-state index is 0.0531. The molecule has 2 N–H and O–H groups in total. The quantitative estimate of drug-likeness (QED) is 0.829. The van der Waals surface area contributed by atoms with Crippen LogP contribution in [0.1, 0.15) is 11.3 Å². The number of aliphatic hydroxyl groups is 1. The van der Waals surface area contributed by atoms with Crippen molar-refractivity contribution in [1.82, 2.24) is 4.98 Å². The van der Waals surface area contributed by atoms with Crippen LogP contribution in [0.2, 0.25) is 0 Å². The fourth-order valence-electron chi connectivity index (χ4n) is 1.78. The molecule has 0 atom stereocenters. The molecule has 1 aromatic carbocycles. The molecule has 3 heteroatoms. The Bertz CT molecular complexity index is 488. The predicted octanol–water partition coefficient (Wildman–Crippen LogP) is 2.49. The predicted molar refractivity (Wildman–Crippen MR) is 63.4 cm³/mol. The highest BCUT2D eigenvalue weighted by atomic mass is 16.5. The van der Waals surface area contributed by atoms with Gasteiger partial charge >= 0.3 is 0 Å². The van der Waals surface area contributed by atoms with Gasteiger partial charge in [-0.3, -0.25) is 0 Å². The molecule has 2 aromatic rings. The number of nitrogens with one attached hydrogen (secondary N) is 1. The first-order valence-corrected chi connectivity index (χ1v) is 5.19. The van der Waals surface area contributed by atoms with Crippen LogP contribution in [0.4, 0.5) is 0 Å². The largest absolute Gasteiger partial charge is 0.496 e. The van der Waals surface area contributed by atoms with Crippen LogP contribution in [0, 0.1) is 6.92 Å². The summed E-state index contributed by atoms with van der Waals surface area (Å²) in [5, 5.41) is 9.15. The molecule has 16 heavy (non-hydrogen) atoms. The highest BCUT2D eigenvalue weighted by Crippen LogP contribution is 2.30. The first-order chi connectivity index (χ1) is 7.76. The molecule has 1 aromatic heterocycles. The highest BCUT2D eigenvalue weighted by Gasteiger charge is 2.09. The van der Waals surface area contributed by atoms with Gasteiger partial charge in [0.2, 0.25) is 0 Å². The molecule has 84 valence electrons. The smallest absolute Gasteiger partial charge is 0.128 e. The molecule has 0 saturated carbocycles. The molecule has 0 aliphatic rings. The molecule has 0 bridgehead atoms. The molecule has 2 rings (SSSR count). The van der Waals surface area contributed by atoms with Gasteiger partial charge in [-0.05, 0) is 30.7 Å². The van der Waals surface area contributed by atoms with Crippen LogP contribution in [-0.4, -0.2) is 17.2 Å². The lowest BCUT2D eigenvalue weighted by atomic mass is 10.1. The Balaban J connectivity index is 2.49. The Morgan fingerprint density at radius 3 is 2.69 bits per heavy atom. The number of aryl methyl sites for hydroxylation is 1. The standard InChI is InChI=1S/C13H15NO2/c1-9-10(8-15)7-12(14-9)11-5-3-4-6-13(11)16-2/h3-7,14-15H,8H2,1-2H3. The van der Waals surface area contributed by atoms with Gasteiger partial charge in [0, 0.05) is 17.0 Å². The number of hydrogen-bond acceptors (Lipinski definition) is 2. The Morgan fingerprint density at radius 2 is 2.06 bits per heavy atom. The molecule has 1 heterocycles. The second kappa shape index (κ2) is 4.41. The summed E-state index contributed by atoms with van der Waals surface area (Å²) in [5.41, 5.74) is 3.89. The molecule has 0 unspecified atom stereocenters. The maximum absolute atomic E-state index is 9.15. The third kappa shape index (κ3) is 1.82. The van der Waals surface area contributed by atoms with E-state index in [1.54, 1.807) is 7.11 Å². The Hall–Kier alpha value is -1.74. The monoisotopic (exact) mass is 217 g/mol. The van der Waals surface area contributed by atoms with Crippen molar-refractivity contribution >= 4 is 0 Å². The van der Waals surface area contributed by atoms with E-state index in [0.717, 1.165) is 28.3 Å². The van der Waals surface area contributed by atoms with Crippen LogP contribution in [0.25, 0.3) is 11.3 Å². The number of benzene rings is 1. The number of aliphatic hydroxyl groups excluding tert-OH is 1. The fraction of sp³-hybridized carbons (Fsp3) is 0.231. The third-order valence-corrected chi connectivity index (χ3v) is 2.69. The number of para-hydroxylation sites is 1. The van der Waals surface area contributed by atoms with E-state index in [1.165, 1.54) is 0 Å². The van der Waals surface area contributed by atoms with Crippen LogP contribution >= 0.6 is 0 Å². The Kier molecular flexibility index (Phi) is 2.97. The van der Waals surface area contributed by atoms with Crippen molar-refractivity contribution in [3.63, 3.8) is 0 Å². The van der Waals surface area contributed by atoms with Crippen LogP contribution in [-0.2, 0) is 6.61 Å². The first-order valence-electron chi connectivity index (χ1n) is 5.19. The van der Waals surface area contributed by atoms with Crippen LogP contribution in [0.3, 0.4) is 0 Å². The minimum atomic E-state index is 0.0531. The van der Waals surface area contributed by atoms with Gasteiger partial charge in [0.25, 0.3) is 0 Å². The van der Waals surface area contributed by atoms with E-state index in [9.17, 15) is 0 Å². The zero-order valence-electron chi connectivity index (χ0n) is 9.45. The van der Waals surface area contributed by atoms with Crippen molar-refractivity contribution in [3.05, 3.63) is 41.6 Å². The molecule has 0 aliphatic heterocycles. The molecule has 0 saturated heterocycles. The maximum atomic E-state index is 9.15. The number of rotatable bonds is 3. The average molecular weight is 217 g/mol. The topological polar surface area (TPSA) is 45.2 Å². The van der Waals surface area contributed by atoms with Crippen molar-refractivity contribution in [3.8, 4) is 17.0 Å². The molecule has 0 fully saturated rings. The highest BCUT2D eigenvalue weighted by molar-refractivity contribution is 5.68. The zero-order valence-corrected chi connectivity index (χ0v) is 9.45. The number of aromatic amines is 1. The Morgan fingerprint density at radius 1 is 1.31 bits per heavy atom. The molecular weight excluding hydrogens is 202 g/mol. The van der Waals surface area contributed by atoms with Gasteiger partial charge in [-0.25, -0.2) is 0 Å². The van der Waals surface area contributed by atoms with Crippen molar-refractivity contribution in [2.24, 2.45) is 0 Å². The summed E-state index contributed by atoms with van der Waals surface area (Å²) < 4.78 is 5.30. The van der Waals surface area contributed by atoms with Gasteiger partial charge in [-0.2, -0.15) is 0 Å². The zero-order chi connectivity index (χ0) is 11.5. The van der Waals surface area contributed by atoms with Crippen LogP contribution < -0.4 is 4.74 Å². The number of ether oxygens (including phenoxy) is 1. The second-order valence-corrected chi connectivity index (χ2v) is 3.69. The van der Waals surface area contributed by atoms with Gasteiger partial charge in [0.1, 0.15) is 5.75 Å². The van der Waals surface area contributed by atoms with Crippen molar-refractivity contribution in [2.45, 2.75) is 13.5 Å². The number of aromatic nitrogens is 1. The maximum Gasteiger partial charge on any atom is 0.128 e. The fourth-order valence-corrected chi connectivity index (χ4v) is 1.78. The minimum Gasteiger partial charge on any atom is -0.496 e. The summed E-state index contributed by atoms with van der Waals surface area (Å²) in [4.78, 5) is 3.25. The molecular formula is C13H15NO2. The van der Waals surface area contributed by atoms with Gasteiger partial charge in [0.15, 0.2) is 0 Å². The molecule has 0 radical (unpaired) electrons. The first kappa shape index (κ1) is 10.8. The van der Waals surface area contributed by atoms with Crippen molar-refractivity contribution < 1.29 is 9.84 Å². The summed E-state index contributed by atoms with van der Waals surface area (Å²) in [7, 11) is 1.65. The summed E-state index contributed by atoms with van der Waals surface area (Å²) in [6.07, 6.45) is 0. The lowest BCUT2D eigenvalue weighted by Crippen LogP contribution is -1.87. The summed E-state index contributed by atoms with van der Waals surface area (Å²) >= 11 is 0. The lowest BCUT2D eigenvalue weighted by molar-refractivity contribution is 0.281. The van der Waals surface area contributed by atoms with E-state index < -0.39 is 0 Å². The number of methoxy groups -OCH3 is 1. The van der Waals surface area contributed by atoms with Crippen molar-refractivity contribution in [2.75, 3.05) is 7.11 Å². The molecule has 3 nitrogen and oxygen atoms in total. The van der Waals surface area contributed by atoms with Gasteiger partial charge in [0.05, 0.1) is 13.7 Å². The summed E-state index contributed by atoms with van der Waals surface area (Å²) in [5.74, 6) is 0.827. The van der Waals surface area contributed by atoms with E-state index in [1.807, 2.05) is 37.3 Å². The van der Waals surface area contributed by atoms with E-state index in [0.29, 0.717) is 0 Å². The van der Waals surface area contributed by atoms with Gasteiger partial charge in [-0.15, -0.1) is 0 Å². The van der Waals surface area contributed by atoms with Crippen LogP contribution in [0.15, 0.2) is 30.3 Å². The second-order valence-electron chi connectivity index (χ2n) is 3.69. The lowest BCUT2D eigenvalue weighted by Gasteiger charge is -2.05. The molecule has 0 spiro atoms. The summed E-state index contributed by atoms with van der Waals surface area (Å²) in [6.45, 7) is 2.00. The SMILES string of the molecule is COc1ccccc1-c1cc(CO)c(C)[nH]1. The van der Waals surface area contributed by atoms with E-state index >= 15 is 0 Å². The average Bonchev–Trinajstić information content (AvgIpc) is 2.70. The van der Waals surface area contributed by atoms with Crippen LogP contribution in [0.5, 0.6) is 5.75 Å². The van der Waals surface area contributed by atoms with E-state index in [-0.39, 0.29) is 6.61 Å². The molecule has 0 amide bonds. The van der Waals surface area contributed by atoms with Crippen molar-refractivity contribution in [1.29, 1.82) is 0 Å². The van der Waals surface area contributed by atoms with Gasteiger partial charge in [-0.1, -0.05) is 12.1 Å².